The van der Waals surface area contributed by atoms with Crippen LogP contribution in [0.15, 0.2) is 24.3 Å². The predicted octanol–water partition coefficient (Wildman–Crippen LogP) is 1.35. The number of carbonyl (C=O) groups is 2. The molecule has 0 radical (unpaired) electrons. The lowest BCUT2D eigenvalue weighted by Gasteiger charge is -2.38. The molecule has 26 heavy (non-hydrogen) atoms. The molecule has 1 heterocycles. The van der Waals surface area contributed by atoms with Crippen molar-refractivity contribution in [1.29, 1.82) is 0 Å². The van der Waals surface area contributed by atoms with Crippen molar-refractivity contribution in [3.8, 4) is 5.75 Å². The van der Waals surface area contributed by atoms with Gasteiger partial charge in [-0.3, -0.25) is 9.59 Å². The van der Waals surface area contributed by atoms with Crippen LogP contribution in [0, 0.1) is 17.8 Å². The van der Waals surface area contributed by atoms with Crippen LogP contribution < -0.4 is 10.5 Å². The van der Waals surface area contributed by atoms with Gasteiger partial charge < -0.3 is 20.3 Å². The maximum absolute atomic E-state index is 12.9. The second-order valence-electron chi connectivity index (χ2n) is 7.78. The molecule has 6 heteroatoms. The van der Waals surface area contributed by atoms with Crippen LogP contribution in [0.3, 0.4) is 0 Å². The molecule has 2 aliphatic carbocycles. The highest BCUT2D eigenvalue weighted by molar-refractivity contribution is 5.94. The van der Waals surface area contributed by atoms with Crippen LogP contribution in [0.5, 0.6) is 5.75 Å². The molecule has 2 saturated carbocycles. The second kappa shape index (κ2) is 6.91. The minimum Gasteiger partial charge on any atom is -0.497 e. The van der Waals surface area contributed by atoms with Crippen molar-refractivity contribution in [3.05, 3.63) is 29.8 Å². The van der Waals surface area contributed by atoms with Gasteiger partial charge in [-0.2, -0.15) is 0 Å². The van der Waals surface area contributed by atoms with Gasteiger partial charge in [0.05, 0.1) is 13.0 Å². The summed E-state index contributed by atoms with van der Waals surface area (Å²) in [5.74, 6) is 1.96. The van der Waals surface area contributed by atoms with Gasteiger partial charge in [0.25, 0.3) is 5.91 Å². The van der Waals surface area contributed by atoms with Gasteiger partial charge in [-0.15, -0.1) is 0 Å². The zero-order valence-electron chi connectivity index (χ0n) is 15.3. The molecule has 1 saturated heterocycles. The molecular formula is C20H27N3O3. The number of piperazine rings is 1. The van der Waals surface area contributed by atoms with Gasteiger partial charge in [0.1, 0.15) is 5.75 Å². The van der Waals surface area contributed by atoms with Gasteiger partial charge in [0.15, 0.2) is 0 Å². The fraction of sp³-hybridized carbons (Fsp3) is 0.600. The molecule has 3 fully saturated rings. The third-order valence-corrected chi connectivity index (χ3v) is 6.48. The van der Waals surface area contributed by atoms with Crippen LogP contribution in [0.1, 0.15) is 29.6 Å². The molecule has 1 aliphatic heterocycles. The van der Waals surface area contributed by atoms with Crippen molar-refractivity contribution in [2.24, 2.45) is 23.5 Å². The van der Waals surface area contributed by atoms with Gasteiger partial charge in [-0.1, -0.05) is 0 Å². The summed E-state index contributed by atoms with van der Waals surface area (Å²) in [6, 6.07) is 7.19. The molecular weight excluding hydrogens is 330 g/mol. The van der Waals surface area contributed by atoms with E-state index >= 15 is 0 Å². The normalized spacial score (nSPS) is 30.5. The number of carbonyl (C=O) groups excluding carboxylic acids is 2. The molecule has 2 N–H and O–H groups in total. The van der Waals surface area contributed by atoms with Gasteiger partial charge in [-0.25, -0.2) is 0 Å². The quantitative estimate of drug-likeness (QED) is 0.886. The van der Waals surface area contributed by atoms with E-state index in [4.69, 9.17) is 10.5 Å². The van der Waals surface area contributed by atoms with E-state index in [9.17, 15) is 9.59 Å². The predicted molar refractivity (Wildman–Crippen MR) is 97.8 cm³/mol. The van der Waals surface area contributed by atoms with Crippen molar-refractivity contribution in [3.63, 3.8) is 0 Å². The Morgan fingerprint density at radius 2 is 1.62 bits per heavy atom. The van der Waals surface area contributed by atoms with Gasteiger partial charge in [0, 0.05) is 37.8 Å². The Morgan fingerprint density at radius 3 is 2.19 bits per heavy atom. The van der Waals surface area contributed by atoms with Crippen LogP contribution in [-0.2, 0) is 4.79 Å². The monoisotopic (exact) mass is 357 g/mol. The third kappa shape index (κ3) is 2.96. The van der Waals surface area contributed by atoms with Crippen LogP contribution in [0.25, 0.3) is 0 Å². The highest BCUT2D eigenvalue weighted by Gasteiger charge is 2.50. The first-order valence-corrected chi connectivity index (χ1v) is 9.56. The molecule has 2 amide bonds. The summed E-state index contributed by atoms with van der Waals surface area (Å²) >= 11 is 0. The van der Waals surface area contributed by atoms with Gasteiger partial charge >= 0.3 is 0 Å². The van der Waals surface area contributed by atoms with Crippen molar-refractivity contribution in [2.75, 3.05) is 33.3 Å². The zero-order valence-corrected chi connectivity index (χ0v) is 15.3. The fourth-order valence-corrected chi connectivity index (χ4v) is 4.96. The number of ether oxygens (including phenoxy) is 1. The largest absolute Gasteiger partial charge is 0.497 e. The second-order valence-corrected chi connectivity index (χ2v) is 7.78. The summed E-state index contributed by atoms with van der Waals surface area (Å²) < 4.78 is 5.13. The Kier molecular flexibility index (Phi) is 4.61. The van der Waals surface area contributed by atoms with E-state index in [0.29, 0.717) is 43.6 Å². The van der Waals surface area contributed by atoms with Crippen molar-refractivity contribution >= 4 is 11.8 Å². The smallest absolute Gasteiger partial charge is 0.253 e. The van der Waals surface area contributed by atoms with Crippen LogP contribution in [0.2, 0.25) is 0 Å². The summed E-state index contributed by atoms with van der Waals surface area (Å²) in [6.45, 7) is 2.35. The topological polar surface area (TPSA) is 75.9 Å². The molecule has 2 bridgehead atoms. The number of hydrogen-bond acceptors (Lipinski definition) is 4. The number of nitrogens with two attached hydrogens (primary N) is 1. The molecule has 4 unspecified atom stereocenters. The number of hydrogen-bond donors (Lipinski definition) is 1. The Labute approximate surface area is 154 Å². The van der Waals surface area contributed by atoms with E-state index < -0.39 is 0 Å². The van der Waals surface area contributed by atoms with E-state index in [0.717, 1.165) is 18.6 Å². The lowest BCUT2D eigenvalue weighted by atomic mass is 9.84. The van der Waals surface area contributed by atoms with Gasteiger partial charge in [-0.05, 0) is 55.4 Å². The van der Waals surface area contributed by atoms with Crippen LogP contribution in [0.4, 0.5) is 0 Å². The average molecular weight is 357 g/mol. The summed E-state index contributed by atoms with van der Waals surface area (Å²) in [5, 5.41) is 0. The van der Waals surface area contributed by atoms with E-state index in [-0.39, 0.29) is 23.8 Å². The molecule has 3 aliphatic rings. The highest BCUT2D eigenvalue weighted by Crippen LogP contribution is 2.48. The van der Waals surface area contributed by atoms with Crippen LogP contribution >= 0.6 is 0 Å². The Balaban J connectivity index is 1.35. The van der Waals surface area contributed by atoms with Crippen molar-refractivity contribution < 1.29 is 14.3 Å². The first kappa shape index (κ1) is 17.3. The summed E-state index contributed by atoms with van der Waals surface area (Å²) in [6.07, 6.45) is 3.44. The van der Waals surface area contributed by atoms with Crippen molar-refractivity contribution in [1.82, 2.24) is 9.80 Å². The van der Waals surface area contributed by atoms with E-state index in [1.807, 2.05) is 9.80 Å². The lowest BCUT2D eigenvalue weighted by molar-refractivity contribution is -0.139. The van der Waals surface area contributed by atoms with E-state index in [2.05, 4.69) is 0 Å². The maximum Gasteiger partial charge on any atom is 0.253 e. The van der Waals surface area contributed by atoms with E-state index in [1.165, 1.54) is 6.42 Å². The molecule has 1 aromatic rings. The first-order valence-electron chi connectivity index (χ1n) is 9.56. The van der Waals surface area contributed by atoms with Gasteiger partial charge in [0.2, 0.25) is 5.91 Å². The molecule has 1 aromatic carbocycles. The number of fused-ring (bicyclic) bond motifs is 2. The number of methoxy groups -OCH3 is 1. The zero-order chi connectivity index (χ0) is 18.3. The molecule has 4 rings (SSSR count). The van der Waals surface area contributed by atoms with Crippen LogP contribution in [-0.4, -0.2) is 60.9 Å². The lowest BCUT2D eigenvalue weighted by Crippen LogP contribution is -2.54. The molecule has 6 nitrogen and oxygen atoms in total. The average Bonchev–Trinajstić information content (AvgIpc) is 3.28. The third-order valence-electron chi connectivity index (χ3n) is 6.48. The highest BCUT2D eigenvalue weighted by atomic mass is 16.5. The first-order chi connectivity index (χ1) is 12.6. The fourth-order valence-electron chi connectivity index (χ4n) is 4.96. The SMILES string of the molecule is COc1ccc(C(=O)N2CCN(C(=O)C3C4CCC(C4)C3N)CC2)cc1. The summed E-state index contributed by atoms with van der Waals surface area (Å²) in [4.78, 5) is 29.3. The molecule has 0 spiro atoms. The maximum atomic E-state index is 12.9. The number of nitrogens with zero attached hydrogens (tertiary/aromatic N) is 2. The Bertz CT molecular complexity index is 680. The number of amides is 2. The Hall–Kier alpha value is -2.08. The molecule has 4 atom stereocenters. The minimum atomic E-state index is -0.00223. The molecule has 140 valence electrons. The number of rotatable bonds is 3. The summed E-state index contributed by atoms with van der Waals surface area (Å²) in [5.41, 5.74) is 6.98. The summed E-state index contributed by atoms with van der Waals surface area (Å²) in [7, 11) is 1.61. The standard InChI is InChI=1S/C20H27N3O3/c1-26-16-6-4-13(5-7-16)19(24)22-8-10-23(11-9-22)20(25)17-14-2-3-15(12-14)18(17)21/h4-7,14-15,17-18H,2-3,8-12,21H2,1H3. The minimum absolute atomic E-state index is 0.00223. The number of benzene rings is 1. The van der Waals surface area contributed by atoms with Crippen molar-refractivity contribution in [2.45, 2.75) is 25.3 Å². The Morgan fingerprint density at radius 1 is 1.00 bits per heavy atom. The van der Waals surface area contributed by atoms with E-state index in [1.54, 1.807) is 31.4 Å². The molecule has 0 aromatic heterocycles.